The van der Waals surface area contributed by atoms with Gasteiger partial charge in [0, 0.05) is 24.8 Å². The Balaban J connectivity index is 1.98. The van der Waals surface area contributed by atoms with Crippen molar-refractivity contribution in [3.8, 4) is 0 Å². The van der Waals surface area contributed by atoms with Crippen molar-refractivity contribution < 1.29 is 4.79 Å². The van der Waals surface area contributed by atoms with Crippen molar-refractivity contribution in [3.63, 3.8) is 0 Å². The lowest BCUT2D eigenvalue weighted by Crippen LogP contribution is -2.08. The van der Waals surface area contributed by atoms with Crippen molar-refractivity contribution in [2.45, 2.75) is 33.1 Å². The summed E-state index contributed by atoms with van der Waals surface area (Å²) in [5, 5.41) is 17.0. The molecule has 0 saturated heterocycles. The lowest BCUT2D eigenvalue weighted by atomic mass is 10.2. The van der Waals surface area contributed by atoms with Gasteiger partial charge in [-0.25, -0.2) is 0 Å². The highest BCUT2D eigenvalue weighted by Crippen LogP contribution is 2.18. The molecule has 1 amide bonds. The van der Waals surface area contributed by atoms with Crippen LogP contribution in [0, 0.1) is 0 Å². The van der Waals surface area contributed by atoms with Gasteiger partial charge in [-0.2, -0.15) is 10.1 Å². The molecule has 7 heteroatoms. The predicted molar refractivity (Wildman–Crippen MR) is 91.9 cm³/mol. The number of anilines is 4. The molecule has 1 heterocycles. The van der Waals surface area contributed by atoms with Crippen molar-refractivity contribution in [2.24, 2.45) is 0 Å². The molecule has 0 unspecified atom stereocenters. The average molecular weight is 314 g/mol. The number of hydrogen-bond donors (Lipinski definition) is 3. The monoisotopic (exact) mass is 314 g/mol. The van der Waals surface area contributed by atoms with Crippen LogP contribution in [0.25, 0.3) is 0 Å². The number of aromatic nitrogens is 3. The normalized spacial score (nSPS) is 10.2. The van der Waals surface area contributed by atoms with Gasteiger partial charge < -0.3 is 16.0 Å². The molecule has 0 bridgehead atoms. The van der Waals surface area contributed by atoms with Crippen molar-refractivity contribution in [2.75, 3.05) is 22.5 Å². The number of nitrogens with zero attached hydrogens (tertiary/aromatic N) is 3. The van der Waals surface area contributed by atoms with Crippen molar-refractivity contribution in [1.82, 2.24) is 15.2 Å². The summed E-state index contributed by atoms with van der Waals surface area (Å²) < 4.78 is 0. The molecule has 3 N–H and O–H groups in total. The zero-order chi connectivity index (χ0) is 16.5. The van der Waals surface area contributed by atoms with E-state index in [1.807, 2.05) is 24.3 Å². The molecule has 0 spiro atoms. The summed E-state index contributed by atoms with van der Waals surface area (Å²) in [6, 6.07) is 7.40. The van der Waals surface area contributed by atoms with E-state index in [4.69, 9.17) is 0 Å². The number of rotatable bonds is 8. The van der Waals surface area contributed by atoms with Crippen LogP contribution in [0.15, 0.2) is 30.5 Å². The molecule has 23 heavy (non-hydrogen) atoms. The topological polar surface area (TPSA) is 91.8 Å². The minimum atomic E-state index is -0.107. The fraction of sp³-hybridized carbons (Fsp3) is 0.375. The first-order valence-corrected chi connectivity index (χ1v) is 7.75. The average Bonchev–Trinajstić information content (AvgIpc) is 2.52. The molecule has 7 nitrogen and oxygen atoms in total. The molecule has 0 atom stereocenters. The van der Waals surface area contributed by atoms with Crippen molar-refractivity contribution in [1.29, 1.82) is 0 Å². The van der Waals surface area contributed by atoms with E-state index in [-0.39, 0.29) is 5.91 Å². The lowest BCUT2D eigenvalue weighted by molar-refractivity contribution is -0.114. The maximum Gasteiger partial charge on any atom is 0.244 e. The first kappa shape index (κ1) is 16.7. The third-order valence-electron chi connectivity index (χ3n) is 3.08. The van der Waals surface area contributed by atoms with Crippen LogP contribution in [0.3, 0.4) is 0 Å². The van der Waals surface area contributed by atoms with Gasteiger partial charge in [0.1, 0.15) is 0 Å². The highest BCUT2D eigenvalue weighted by Gasteiger charge is 2.02. The van der Waals surface area contributed by atoms with E-state index in [2.05, 4.69) is 38.1 Å². The first-order chi connectivity index (χ1) is 11.2. The molecule has 0 fully saturated rings. The number of carbonyl (C=O) groups is 1. The largest absolute Gasteiger partial charge is 0.353 e. The fourth-order valence-corrected chi connectivity index (χ4v) is 2.04. The summed E-state index contributed by atoms with van der Waals surface area (Å²) in [6.45, 7) is 4.47. The van der Waals surface area contributed by atoms with Crippen LogP contribution in [0.2, 0.25) is 0 Å². The summed E-state index contributed by atoms with van der Waals surface area (Å²) in [7, 11) is 0. The van der Waals surface area contributed by atoms with Crippen LogP contribution in [-0.4, -0.2) is 27.6 Å². The smallest absolute Gasteiger partial charge is 0.244 e. The van der Waals surface area contributed by atoms with E-state index in [0.29, 0.717) is 11.8 Å². The molecule has 122 valence electrons. The van der Waals surface area contributed by atoms with Gasteiger partial charge in [0.05, 0.1) is 6.20 Å². The maximum absolute atomic E-state index is 11.1. The summed E-state index contributed by atoms with van der Waals surface area (Å²) in [6.07, 6.45) is 4.99. The standard InChI is InChI=1S/C16H22N6O/c1-3-4-5-9-17-16-21-15(11-18-22-16)20-14-8-6-7-13(10-14)19-12(2)23/h6-8,10-11H,3-5,9H2,1-2H3,(H,19,23)(H2,17,20,21,22). The Kier molecular flexibility index (Phi) is 6.28. The van der Waals surface area contributed by atoms with Crippen LogP contribution < -0.4 is 16.0 Å². The summed E-state index contributed by atoms with van der Waals surface area (Å²) in [4.78, 5) is 15.5. The molecule has 0 aliphatic carbocycles. The van der Waals surface area contributed by atoms with Crippen LogP contribution in [0.1, 0.15) is 33.1 Å². The van der Waals surface area contributed by atoms with Crippen molar-refractivity contribution >= 4 is 29.0 Å². The van der Waals surface area contributed by atoms with Gasteiger partial charge in [-0.05, 0) is 24.6 Å². The third kappa shape index (κ3) is 5.90. The number of benzene rings is 1. The number of nitrogens with one attached hydrogen (secondary N) is 3. The zero-order valence-corrected chi connectivity index (χ0v) is 13.5. The van der Waals surface area contributed by atoms with E-state index < -0.39 is 0 Å². The highest BCUT2D eigenvalue weighted by molar-refractivity contribution is 5.89. The SMILES string of the molecule is CCCCCNc1nncc(Nc2cccc(NC(C)=O)c2)n1. The molecule has 1 aromatic carbocycles. The molecule has 0 radical (unpaired) electrons. The number of carbonyl (C=O) groups excluding carboxylic acids is 1. The summed E-state index contributed by atoms with van der Waals surface area (Å²) in [5.74, 6) is 0.992. The quantitative estimate of drug-likeness (QED) is 0.648. The van der Waals surface area contributed by atoms with Crippen LogP contribution in [-0.2, 0) is 4.79 Å². The van der Waals surface area contributed by atoms with Gasteiger partial charge in [0.2, 0.25) is 11.9 Å². The lowest BCUT2D eigenvalue weighted by Gasteiger charge is -2.09. The van der Waals surface area contributed by atoms with Gasteiger partial charge in [0.25, 0.3) is 0 Å². The van der Waals surface area contributed by atoms with Crippen LogP contribution >= 0.6 is 0 Å². The number of hydrogen-bond acceptors (Lipinski definition) is 6. The molecule has 0 saturated carbocycles. The van der Waals surface area contributed by atoms with E-state index >= 15 is 0 Å². The Labute approximate surface area is 135 Å². The summed E-state index contributed by atoms with van der Waals surface area (Å²) >= 11 is 0. The number of unbranched alkanes of at least 4 members (excludes halogenated alkanes) is 2. The maximum atomic E-state index is 11.1. The van der Waals surface area contributed by atoms with Crippen LogP contribution in [0.5, 0.6) is 0 Å². The Morgan fingerprint density at radius 1 is 1.22 bits per heavy atom. The van der Waals surface area contributed by atoms with Crippen molar-refractivity contribution in [3.05, 3.63) is 30.5 Å². The fourth-order valence-electron chi connectivity index (χ4n) is 2.04. The van der Waals surface area contributed by atoms with Crippen LogP contribution in [0.4, 0.5) is 23.1 Å². The second-order valence-corrected chi connectivity index (χ2v) is 5.19. The highest BCUT2D eigenvalue weighted by atomic mass is 16.1. The second-order valence-electron chi connectivity index (χ2n) is 5.19. The minimum Gasteiger partial charge on any atom is -0.353 e. The van der Waals surface area contributed by atoms with Gasteiger partial charge in [-0.15, -0.1) is 5.10 Å². The van der Waals surface area contributed by atoms with Gasteiger partial charge in [0.15, 0.2) is 5.82 Å². The Morgan fingerprint density at radius 3 is 2.83 bits per heavy atom. The third-order valence-corrected chi connectivity index (χ3v) is 3.08. The van der Waals surface area contributed by atoms with Gasteiger partial charge in [-0.1, -0.05) is 25.8 Å². The number of amides is 1. The molecule has 1 aromatic heterocycles. The molecular formula is C16H22N6O. The van der Waals surface area contributed by atoms with E-state index in [1.54, 1.807) is 6.20 Å². The molecule has 0 aliphatic rings. The minimum absolute atomic E-state index is 0.107. The van der Waals surface area contributed by atoms with E-state index in [0.717, 1.165) is 24.3 Å². The zero-order valence-electron chi connectivity index (χ0n) is 13.5. The van der Waals surface area contributed by atoms with Gasteiger partial charge in [-0.3, -0.25) is 4.79 Å². The van der Waals surface area contributed by atoms with E-state index in [9.17, 15) is 4.79 Å². The Bertz CT molecular complexity index is 646. The molecule has 2 aromatic rings. The Hall–Kier alpha value is -2.70. The Morgan fingerprint density at radius 2 is 2.04 bits per heavy atom. The predicted octanol–water partition coefficient (Wildman–Crippen LogP) is 3.18. The second kappa shape index (κ2) is 8.67. The van der Waals surface area contributed by atoms with Gasteiger partial charge >= 0.3 is 0 Å². The molecule has 0 aliphatic heterocycles. The molecular weight excluding hydrogens is 292 g/mol. The summed E-state index contributed by atoms with van der Waals surface area (Å²) in [5.41, 5.74) is 1.54. The first-order valence-electron chi connectivity index (χ1n) is 7.75. The molecule has 2 rings (SSSR count). The van der Waals surface area contributed by atoms with E-state index in [1.165, 1.54) is 19.8 Å².